The second-order valence-electron chi connectivity index (χ2n) is 5.68. The number of amides is 1. The van der Waals surface area contributed by atoms with Crippen molar-refractivity contribution in [3.8, 4) is 0 Å². The van der Waals surface area contributed by atoms with E-state index in [0.29, 0.717) is 19.6 Å². The topological polar surface area (TPSA) is 72.6 Å². The van der Waals surface area contributed by atoms with Crippen molar-refractivity contribution in [3.63, 3.8) is 0 Å². The van der Waals surface area contributed by atoms with Crippen molar-refractivity contribution in [1.82, 2.24) is 4.90 Å². The van der Waals surface area contributed by atoms with Crippen LogP contribution in [0.25, 0.3) is 0 Å². The van der Waals surface area contributed by atoms with Crippen molar-refractivity contribution in [2.75, 3.05) is 20.2 Å². The van der Waals surface area contributed by atoms with Crippen LogP contribution in [0.1, 0.15) is 36.8 Å². The maximum Gasteiger partial charge on any atom is 0.306 e. The summed E-state index contributed by atoms with van der Waals surface area (Å²) in [4.78, 5) is 25.4. The first-order chi connectivity index (χ1) is 11.6. The molecule has 0 spiro atoms. The molecule has 1 aromatic carbocycles. The Morgan fingerprint density at radius 3 is 2.40 bits per heavy atom. The number of carbonyl (C=O) groups is 2. The van der Waals surface area contributed by atoms with Crippen LogP contribution in [0.4, 0.5) is 0 Å². The molecule has 0 fully saturated rings. The lowest BCUT2D eigenvalue weighted by molar-refractivity contribution is -0.143. The van der Waals surface area contributed by atoms with Crippen LogP contribution in [0.15, 0.2) is 36.9 Å². The van der Waals surface area contributed by atoms with E-state index in [-0.39, 0.29) is 37.1 Å². The average molecular weight is 369 g/mol. The summed E-state index contributed by atoms with van der Waals surface area (Å²) in [7, 11) is 1.33. The van der Waals surface area contributed by atoms with Crippen molar-refractivity contribution < 1.29 is 14.3 Å². The van der Waals surface area contributed by atoms with Gasteiger partial charge in [0.2, 0.25) is 5.91 Å². The Kier molecular flexibility index (Phi) is 12.4. The van der Waals surface area contributed by atoms with E-state index in [1.165, 1.54) is 12.7 Å². The van der Waals surface area contributed by atoms with Gasteiger partial charge in [-0.1, -0.05) is 30.3 Å². The molecule has 0 saturated carbocycles. The summed E-state index contributed by atoms with van der Waals surface area (Å²) in [5, 5.41) is 0. The van der Waals surface area contributed by atoms with Gasteiger partial charge in [-0.25, -0.2) is 0 Å². The third kappa shape index (κ3) is 9.27. The maximum absolute atomic E-state index is 12.4. The summed E-state index contributed by atoms with van der Waals surface area (Å²) in [5.74, 6) is -0.393. The highest BCUT2D eigenvalue weighted by Crippen LogP contribution is 2.11. The van der Waals surface area contributed by atoms with E-state index in [2.05, 4.69) is 11.3 Å². The number of methoxy groups -OCH3 is 1. The van der Waals surface area contributed by atoms with Gasteiger partial charge >= 0.3 is 5.97 Å². The molecule has 1 rings (SSSR count). The number of esters is 1. The molecular formula is C19H29ClN2O3. The highest BCUT2D eigenvalue weighted by molar-refractivity contribution is 5.85. The van der Waals surface area contributed by atoms with Gasteiger partial charge in [-0.3, -0.25) is 9.59 Å². The van der Waals surface area contributed by atoms with Gasteiger partial charge in [0.1, 0.15) is 0 Å². The first kappa shape index (κ1) is 23.1. The zero-order valence-corrected chi connectivity index (χ0v) is 15.7. The summed E-state index contributed by atoms with van der Waals surface area (Å²) in [5.41, 5.74) is 7.82. The first-order valence-electron chi connectivity index (χ1n) is 8.34. The van der Waals surface area contributed by atoms with Crippen molar-refractivity contribution in [3.05, 3.63) is 48.0 Å². The lowest BCUT2D eigenvalue weighted by Gasteiger charge is -2.23. The largest absolute Gasteiger partial charge is 0.469 e. The number of unbranched alkanes of at least 4 members (excludes halogenated alkanes) is 1. The van der Waals surface area contributed by atoms with Gasteiger partial charge in [-0.15, -0.1) is 19.0 Å². The van der Waals surface area contributed by atoms with E-state index in [9.17, 15) is 9.59 Å². The number of halogens is 1. The van der Waals surface area contributed by atoms with E-state index >= 15 is 0 Å². The predicted octanol–water partition coefficient (Wildman–Crippen LogP) is 2.86. The molecular weight excluding hydrogens is 340 g/mol. The monoisotopic (exact) mass is 368 g/mol. The predicted molar refractivity (Wildman–Crippen MR) is 103 cm³/mol. The van der Waals surface area contributed by atoms with Crippen LogP contribution in [0, 0.1) is 0 Å². The number of ether oxygens (including phenoxy) is 1. The van der Waals surface area contributed by atoms with Crippen molar-refractivity contribution in [2.24, 2.45) is 5.73 Å². The van der Waals surface area contributed by atoms with Gasteiger partial charge in [0.15, 0.2) is 0 Å². The van der Waals surface area contributed by atoms with Crippen molar-refractivity contribution >= 4 is 24.3 Å². The van der Waals surface area contributed by atoms with E-state index in [4.69, 9.17) is 5.73 Å². The lowest BCUT2D eigenvalue weighted by atomic mass is 10.1. The number of rotatable bonds is 11. The molecule has 0 aliphatic heterocycles. The maximum atomic E-state index is 12.4. The number of hydrogen-bond acceptors (Lipinski definition) is 4. The van der Waals surface area contributed by atoms with E-state index < -0.39 is 0 Å². The highest BCUT2D eigenvalue weighted by atomic mass is 35.5. The number of nitrogens with zero attached hydrogens (tertiary/aromatic N) is 1. The Morgan fingerprint density at radius 2 is 1.84 bits per heavy atom. The van der Waals surface area contributed by atoms with Crippen LogP contribution in [0.2, 0.25) is 0 Å². The Hall–Kier alpha value is -1.85. The van der Waals surface area contributed by atoms with Crippen molar-refractivity contribution in [2.45, 2.75) is 38.6 Å². The van der Waals surface area contributed by atoms with Gasteiger partial charge < -0.3 is 15.4 Å². The van der Waals surface area contributed by atoms with Gasteiger partial charge in [-0.05, 0) is 36.9 Å². The van der Waals surface area contributed by atoms with E-state index in [1.54, 1.807) is 4.90 Å². The molecule has 0 heterocycles. The normalized spacial score (nSPS) is 9.84. The molecule has 0 aliphatic carbocycles. The SMILES string of the molecule is C=CCCCN(Cc1ccc(CCN)cc1)C(=O)CCC(=O)OC.Cl. The van der Waals surface area contributed by atoms with Crippen LogP contribution in [0.3, 0.4) is 0 Å². The Labute approximate surface area is 156 Å². The van der Waals surface area contributed by atoms with E-state index in [1.807, 2.05) is 30.3 Å². The fourth-order valence-electron chi connectivity index (χ4n) is 2.39. The lowest BCUT2D eigenvalue weighted by Crippen LogP contribution is -2.31. The third-order valence-corrected chi connectivity index (χ3v) is 3.79. The minimum absolute atomic E-state index is 0. The van der Waals surface area contributed by atoms with Crippen LogP contribution in [0.5, 0.6) is 0 Å². The number of benzene rings is 1. The number of carbonyl (C=O) groups excluding carboxylic acids is 2. The minimum Gasteiger partial charge on any atom is -0.469 e. The smallest absolute Gasteiger partial charge is 0.306 e. The highest BCUT2D eigenvalue weighted by Gasteiger charge is 2.15. The summed E-state index contributed by atoms with van der Waals surface area (Å²) < 4.78 is 4.60. The van der Waals surface area contributed by atoms with Gasteiger partial charge in [-0.2, -0.15) is 0 Å². The second kappa shape index (κ2) is 13.4. The van der Waals surface area contributed by atoms with Crippen molar-refractivity contribution in [1.29, 1.82) is 0 Å². The quantitative estimate of drug-likeness (QED) is 0.370. The van der Waals surface area contributed by atoms with Gasteiger partial charge in [0, 0.05) is 19.5 Å². The average Bonchev–Trinajstić information content (AvgIpc) is 2.60. The Balaban J connectivity index is 0.00000576. The van der Waals surface area contributed by atoms with Crippen LogP contribution < -0.4 is 5.73 Å². The summed E-state index contributed by atoms with van der Waals surface area (Å²) >= 11 is 0. The minimum atomic E-state index is -0.361. The molecule has 1 amide bonds. The molecule has 0 saturated heterocycles. The van der Waals surface area contributed by atoms with Gasteiger partial charge in [0.05, 0.1) is 13.5 Å². The molecule has 0 atom stereocenters. The molecule has 0 aromatic heterocycles. The zero-order chi connectivity index (χ0) is 17.8. The Morgan fingerprint density at radius 1 is 1.20 bits per heavy atom. The van der Waals surface area contributed by atoms with E-state index in [0.717, 1.165) is 24.8 Å². The second-order valence-corrected chi connectivity index (χ2v) is 5.68. The molecule has 0 aliphatic rings. The van der Waals surface area contributed by atoms with Gasteiger partial charge in [0.25, 0.3) is 0 Å². The molecule has 5 nitrogen and oxygen atoms in total. The first-order valence-corrected chi connectivity index (χ1v) is 8.34. The number of nitrogens with two attached hydrogens (primary N) is 1. The fraction of sp³-hybridized carbons (Fsp3) is 0.474. The molecule has 1 aromatic rings. The molecule has 0 radical (unpaired) electrons. The fourth-order valence-corrected chi connectivity index (χ4v) is 2.39. The standard InChI is InChI=1S/C19H28N2O3.ClH/c1-3-4-5-14-21(18(22)10-11-19(23)24-2)15-17-8-6-16(7-9-17)12-13-20;/h3,6-9H,1,4-5,10-15,20H2,2H3;1H. The number of allylic oxidation sites excluding steroid dienone is 1. The summed E-state index contributed by atoms with van der Waals surface area (Å²) in [6.07, 6.45) is 4.70. The van der Waals surface area contributed by atoms with Crippen LogP contribution >= 0.6 is 12.4 Å². The summed E-state index contributed by atoms with van der Waals surface area (Å²) in [6.45, 7) is 5.52. The third-order valence-electron chi connectivity index (χ3n) is 3.79. The van der Waals surface area contributed by atoms with Crippen LogP contribution in [-0.2, 0) is 27.3 Å². The Bertz CT molecular complexity index is 532. The molecule has 25 heavy (non-hydrogen) atoms. The zero-order valence-electron chi connectivity index (χ0n) is 14.9. The summed E-state index contributed by atoms with van der Waals surface area (Å²) in [6, 6.07) is 8.14. The molecule has 6 heteroatoms. The number of hydrogen-bond donors (Lipinski definition) is 1. The molecule has 140 valence electrons. The van der Waals surface area contributed by atoms with Crippen LogP contribution in [-0.4, -0.2) is 37.0 Å². The molecule has 0 bridgehead atoms. The molecule has 0 unspecified atom stereocenters. The molecule has 2 N–H and O–H groups in total.